The van der Waals surface area contributed by atoms with Crippen LogP contribution in [0, 0.1) is 0 Å². The molecule has 5 atom stereocenters. The van der Waals surface area contributed by atoms with Gasteiger partial charge in [0.05, 0.1) is 22.6 Å². The predicted molar refractivity (Wildman–Crippen MR) is 109 cm³/mol. The van der Waals surface area contributed by atoms with Crippen molar-refractivity contribution >= 4 is 11.3 Å². The first kappa shape index (κ1) is 18.6. The molecule has 4 aliphatic rings. The predicted octanol–water partition coefficient (Wildman–Crippen LogP) is 4.57. The van der Waals surface area contributed by atoms with Crippen LogP contribution in [0.25, 0.3) is 5.57 Å². The van der Waals surface area contributed by atoms with Gasteiger partial charge in [-0.2, -0.15) is 0 Å². The molecule has 5 rings (SSSR count). The van der Waals surface area contributed by atoms with E-state index >= 15 is 0 Å². The van der Waals surface area contributed by atoms with E-state index in [9.17, 15) is 0 Å². The van der Waals surface area contributed by atoms with Gasteiger partial charge in [-0.1, -0.05) is 6.08 Å². The average Bonchev–Trinajstić information content (AvgIpc) is 3.05. The molecule has 0 amide bonds. The Labute approximate surface area is 167 Å². The highest BCUT2D eigenvalue weighted by molar-refractivity contribution is 5.72. The zero-order chi connectivity index (χ0) is 19.7. The first-order valence-electron chi connectivity index (χ1n) is 10.7. The molecule has 3 aliphatic heterocycles. The van der Waals surface area contributed by atoms with Gasteiger partial charge in [0.2, 0.25) is 0 Å². The van der Waals surface area contributed by atoms with E-state index in [2.05, 4.69) is 26.0 Å². The minimum absolute atomic E-state index is 0.0354. The van der Waals surface area contributed by atoms with Gasteiger partial charge in [-0.25, -0.2) is 0 Å². The van der Waals surface area contributed by atoms with Crippen LogP contribution in [0.3, 0.4) is 0 Å². The molecule has 1 aromatic rings. The number of hydrogen-bond donors (Lipinski definition) is 1. The molecular formula is C23H32N2O3. The second-order valence-electron chi connectivity index (χ2n) is 9.96. The van der Waals surface area contributed by atoms with Crippen molar-refractivity contribution in [2.45, 2.75) is 101 Å². The maximum atomic E-state index is 6.54. The number of aromatic nitrogens is 1. The quantitative estimate of drug-likeness (QED) is 0.809. The van der Waals surface area contributed by atoms with E-state index in [4.69, 9.17) is 24.9 Å². The summed E-state index contributed by atoms with van der Waals surface area (Å²) < 4.78 is 19.1. The minimum atomic E-state index is -0.547. The molecule has 5 nitrogen and oxygen atoms in total. The van der Waals surface area contributed by atoms with Gasteiger partial charge in [0.1, 0.15) is 12.2 Å². The van der Waals surface area contributed by atoms with Gasteiger partial charge in [-0.05, 0) is 83.9 Å². The molecule has 152 valence electrons. The van der Waals surface area contributed by atoms with E-state index in [-0.39, 0.29) is 23.4 Å². The summed E-state index contributed by atoms with van der Waals surface area (Å²) in [6, 6.07) is 4.14. The van der Waals surface area contributed by atoms with E-state index in [1.54, 1.807) is 0 Å². The van der Waals surface area contributed by atoms with Gasteiger partial charge < -0.3 is 19.9 Å². The molecule has 0 saturated carbocycles. The molecule has 28 heavy (non-hydrogen) atoms. The molecule has 0 spiro atoms. The highest BCUT2D eigenvalue weighted by atomic mass is 16.8. The van der Waals surface area contributed by atoms with E-state index in [1.165, 1.54) is 18.4 Å². The Bertz CT molecular complexity index is 807. The van der Waals surface area contributed by atoms with E-state index in [0.29, 0.717) is 5.92 Å². The number of rotatable bonds is 2. The normalized spacial score (nSPS) is 41.6. The molecule has 1 unspecified atom stereocenters. The molecular weight excluding hydrogens is 352 g/mol. The Morgan fingerprint density at radius 3 is 2.29 bits per heavy atom. The van der Waals surface area contributed by atoms with Gasteiger partial charge in [0, 0.05) is 11.6 Å². The Morgan fingerprint density at radius 2 is 1.68 bits per heavy atom. The first-order valence-corrected chi connectivity index (χ1v) is 10.7. The molecule has 3 saturated heterocycles. The summed E-state index contributed by atoms with van der Waals surface area (Å²) in [5, 5.41) is 0. The Kier molecular flexibility index (Phi) is 4.01. The van der Waals surface area contributed by atoms with Crippen LogP contribution in [0.4, 0.5) is 5.69 Å². The number of anilines is 1. The Hall–Kier alpha value is -1.43. The van der Waals surface area contributed by atoms with Crippen LogP contribution >= 0.6 is 0 Å². The molecule has 4 heterocycles. The molecule has 3 fully saturated rings. The lowest BCUT2D eigenvalue weighted by atomic mass is 9.82. The highest BCUT2D eigenvalue weighted by Crippen LogP contribution is 2.58. The molecule has 0 radical (unpaired) electrons. The van der Waals surface area contributed by atoms with Gasteiger partial charge in [-0.3, -0.25) is 4.98 Å². The molecule has 0 aromatic carbocycles. The summed E-state index contributed by atoms with van der Waals surface area (Å²) in [7, 11) is 0. The van der Waals surface area contributed by atoms with Crippen molar-refractivity contribution in [2.75, 3.05) is 5.73 Å². The highest BCUT2D eigenvalue weighted by Gasteiger charge is 2.68. The number of nitrogen functional groups attached to an aromatic ring is 1. The number of fused-ring (bicyclic) bond motifs is 5. The summed E-state index contributed by atoms with van der Waals surface area (Å²) in [6.07, 6.45) is 8.70. The second-order valence-corrected chi connectivity index (χ2v) is 9.96. The van der Waals surface area contributed by atoms with Crippen molar-refractivity contribution in [3.05, 3.63) is 29.6 Å². The fourth-order valence-corrected chi connectivity index (χ4v) is 5.90. The van der Waals surface area contributed by atoms with Gasteiger partial charge in [0.25, 0.3) is 0 Å². The van der Waals surface area contributed by atoms with E-state index in [1.807, 2.05) is 19.9 Å². The van der Waals surface area contributed by atoms with Crippen molar-refractivity contribution in [1.82, 2.24) is 4.98 Å². The van der Waals surface area contributed by atoms with Crippen molar-refractivity contribution in [2.24, 2.45) is 0 Å². The SMILES string of the molecule is CC1(C)O[C@@H]2[C@H](O1)[C@@]1(C)CC(c3ccc(N)c(C4=CCCCC4)n3)C[C@]2(C)O1. The summed E-state index contributed by atoms with van der Waals surface area (Å²) in [4.78, 5) is 5.07. The van der Waals surface area contributed by atoms with Crippen molar-refractivity contribution < 1.29 is 14.2 Å². The number of pyridine rings is 1. The van der Waals surface area contributed by atoms with Crippen molar-refractivity contribution in [1.29, 1.82) is 0 Å². The number of nitrogens with two attached hydrogens (primary N) is 1. The maximum Gasteiger partial charge on any atom is 0.164 e. The van der Waals surface area contributed by atoms with Gasteiger partial charge in [0.15, 0.2) is 5.79 Å². The topological polar surface area (TPSA) is 66.6 Å². The molecule has 1 aliphatic carbocycles. The lowest BCUT2D eigenvalue weighted by Crippen LogP contribution is -2.46. The van der Waals surface area contributed by atoms with Gasteiger partial charge in [-0.15, -0.1) is 0 Å². The van der Waals surface area contributed by atoms with Crippen LogP contribution in [0.15, 0.2) is 18.2 Å². The smallest absolute Gasteiger partial charge is 0.164 e. The number of allylic oxidation sites excluding steroid dienone is 2. The standard InChI is InChI=1S/C23H32N2O3/c1-21(2)26-19-20(27-21)23(4)13-15(12-22(19,3)28-23)17-11-10-16(24)18(25-17)14-8-6-5-7-9-14/h8,10-11,15,19-20H,5-7,9,12-13,24H2,1-4H3/t15?,19-,20+,22+,23-. The largest absolute Gasteiger partial charge is 0.397 e. The lowest BCUT2D eigenvalue weighted by molar-refractivity contribution is -0.242. The first-order chi connectivity index (χ1) is 13.2. The third-order valence-corrected chi connectivity index (χ3v) is 7.03. The molecule has 5 heteroatoms. The van der Waals surface area contributed by atoms with Crippen LogP contribution < -0.4 is 5.73 Å². The molecule has 2 bridgehead atoms. The molecule has 1 aromatic heterocycles. The fourth-order valence-electron chi connectivity index (χ4n) is 5.90. The average molecular weight is 385 g/mol. The van der Waals surface area contributed by atoms with E-state index < -0.39 is 5.79 Å². The van der Waals surface area contributed by atoms with Crippen LogP contribution in [-0.4, -0.2) is 34.2 Å². The van der Waals surface area contributed by atoms with Crippen LogP contribution in [0.2, 0.25) is 0 Å². The number of hydrogen-bond acceptors (Lipinski definition) is 5. The third kappa shape index (κ3) is 2.82. The summed E-state index contributed by atoms with van der Waals surface area (Å²) in [6.45, 7) is 8.34. The number of ether oxygens (including phenoxy) is 3. The monoisotopic (exact) mass is 384 g/mol. The van der Waals surface area contributed by atoms with Crippen molar-refractivity contribution in [3.8, 4) is 0 Å². The Balaban J connectivity index is 1.47. The third-order valence-electron chi connectivity index (χ3n) is 7.03. The summed E-state index contributed by atoms with van der Waals surface area (Å²) in [5.41, 5.74) is 9.79. The number of nitrogens with zero attached hydrogens (tertiary/aromatic N) is 1. The molecule has 2 N–H and O–H groups in total. The minimum Gasteiger partial charge on any atom is -0.397 e. The summed E-state index contributed by atoms with van der Waals surface area (Å²) >= 11 is 0. The zero-order valence-corrected chi connectivity index (χ0v) is 17.5. The van der Waals surface area contributed by atoms with E-state index in [0.717, 1.165) is 42.8 Å². The van der Waals surface area contributed by atoms with Crippen LogP contribution in [0.1, 0.15) is 83.5 Å². The zero-order valence-electron chi connectivity index (χ0n) is 17.5. The Morgan fingerprint density at radius 1 is 1.00 bits per heavy atom. The second kappa shape index (κ2) is 6.04. The van der Waals surface area contributed by atoms with Crippen molar-refractivity contribution in [3.63, 3.8) is 0 Å². The van der Waals surface area contributed by atoms with Crippen LogP contribution in [0.5, 0.6) is 0 Å². The lowest BCUT2D eigenvalue weighted by Gasteiger charge is -2.43. The maximum absolute atomic E-state index is 6.54. The van der Waals surface area contributed by atoms with Crippen LogP contribution in [-0.2, 0) is 14.2 Å². The summed E-state index contributed by atoms with van der Waals surface area (Å²) in [5.74, 6) is -0.234. The fraction of sp³-hybridized carbons (Fsp3) is 0.696. The van der Waals surface area contributed by atoms with Gasteiger partial charge >= 0.3 is 0 Å².